The first-order chi connectivity index (χ1) is 12.2. The van der Waals surface area contributed by atoms with Gasteiger partial charge in [0.1, 0.15) is 11.2 Å². The zero-order valence-electron chi connectivity index (χ0n) is 16.0. The Morgan fingerprint density at radius 3 is 2.15 bits per heavy atom. The van der Waals surface area contributed by atoms with Crippen LogP contribution in [-0.4, -0.2) is 34.2 Å². The summed E-state index contributed by atoms with van der Waals surface area (Å²) in [7, 11) is 0. The molecule has 1 aromatic rings. The lowest BCUT2D eigenvalue weighted by atomic mass is 9.95. The monoisotopic (exact) mass is 456 g/mol. The summed E-state index contributed by atoms with van der Waals surface area (Å²) in [5.41, 5.74) is -0.0783. The molecule has 10 heteroatoms. The van der Waals surface area contributed by atoms with Crippen LogP contribution in [0.5, 0.6) is 0 Å². The van der Waals surface area contributed by atoms with Gasteiger partial charge in [-0.25, -0.2) is 4.79 Å². The molecule has 1 aromatic heterocycles. The summed E-state index contributed by atoms with van der Waals surface area (Å²) in [4.78, 5) is 37.0. The van der Waals surface area contributed by atoms with Gasteiger partial charge in [-0.3, -0.25) is 9.59 Å². The fourth-order valence-corrected chi connectivity index (χ4v) is 3.52. The van der Waals surface area contributed by atoms with Gasteiger partial charge in [0.2, 0.25) is 9.70 Å². The Morgan fingerprint density at radius 2 is 1.74 bits per heavy atom. The van der Waals surface area contributed by atoms with E-state index >= 15 is 0 Å². The minimum Gasteiger partial charge on any atom is -0.462 e. The van der Waals surface area contributed by atoms with Gasteiger partial charge in [-0.2, -0.15) is 0 Å². The number of ether oxygens (including phenoxy) is 1. The molecule has 152 valence electrons. The number of carbonyl (C=O) groups is 3. The van der Waals surface area contributed by atoms with Crippen molar-refractivity contribution in [3.05, 3.63) is 16.0 Å². The molecular formula is C17H23Cl3N2O4S. The third kappa shape index (κ3) is 6.24. The summed E-state index contributed by atoms with van der Waals surface area (Å²) >= 11 is 19.1. The highest BCUT2D eigenvalue weighted by atomic mass is 35.6. The van der Waals surface area contributed by atoms with E-state index in [1.54, 1.807) is 34.6 Å². The Morgan fingerprint density at radius 1 is 1.19 bits per heavy atom. The minimum absolute atomic E-state index is 0.164. The molecular weight excluding hydrogens is 435 g/mol. The summed E-state index contributed by atoms with van der Waals surface area (Å²) in [6.07, 6.45) is -1.14. The van der Waals surface area contributed by atoms with E-state index in [1.165, 1.54) is 6.92 Å². The number of hydrogen-bond donors (Lipinski definition) is 2. The Bertz CT molecular complexity index is 736. The van der Waals surface area contributed by atoms with Crippen molar-refractivity contribution in [2.24, 2.45) is 5.41 Å². The van der Waals surface area contributed by atoms with Gasteiger partial charge in [-0.15, -0.1) is 11.3 Å². The third-order valence-electron chi connectivity index (χ3n) is 3.51. The predicted octanol–water partition coefficient (Wildman–Crippen LogP) is 4.71. The molecule has 1 heterocycles. The van der Waals surface area contributed by atoms with Crippen LogP contribution in [0.2, 0.25) is 0 Å². The fourth-order valence-electron chi connectivity index (χ4n) is 2.08. The lowest BCUT2D eigenvalue weighted by molar-refractivity contribution is -0.129. The van der Waals surface area contributed by atoms with Gasteiger partial charge < -0.3 is 15.4 Å². The largest absolute Gasteiger partial charge is 0.462 e. The van der Waals surface area contributed by atoms with Gasteiger partial charge in [0, 0.05) is 5.41 Å². The normalized spacial score (nSPS) is 13.1. The summed E-state index contributed by atoms with van der Waals surface area (Å²) in [5.74, 6) is -1.17. The molecule has 0 bridgehead atoms. The molecule has 2 N–H and O–H groups in total. The molecule has 0 aromatic carbocycles. The van der Waals surface area contributed by atoms with Crippen molar-refractivity contribution in [3.63, 3.8) is 0 Å². The fraction of sp³-hybridized carbons (Fsp3) is 0.588. The maximum atomic E-state index is 12.4. The van der Waals surface area contributed by atoms with E-state index in [0.717, 1.165) is 11.3 Å². The van der Waals surface area contributed by atoms with Gasteiger partial charge in [0.15, 0.2) is 5.78 Å². The number of amides is 1. The first-order valence-electron chi connectivity index (χ1n) is 8.15. The molecule has 27 heavy (non-hydrogen) atoms. The van der Waals surface area contributed by atoms with Crippen LogP contribution in [0.15, 0.2) is 0 Å². The second-order valence-electron chi connectivity index (χ2n) is 6.88. The van der Waals surface area contributed by atoms with Crippen LogP contribution in [0.25, 0.3) is 0 Å². The SMILES string of the molecule is CCOC(=O)c1c(N[C@@H](NC(=O)C(C)(C)C)C(Cl)(Cl)Cl)sc(C(C)=O)c1C. The Balaban J connectivity index is 3.36. The lowest BCUT2D eigenvalue weighted by Gasteiger charge is -2.30. The second-order valence-corrected chi connectivity index (χ2v) is 10.3. The van der Waals surface area contributed by atoms with Crippen molar-refractivity contribution in [2.75, 3.05) is 11.9 Å². The lowest BCUT2D eigenvalue weighted by Crippen LogP contribution is -2.52. The Kier molecular flexibility index (Phi) is 7.99. The molecule has 0 aliphatic heterocycles. The first-order valence-corrected chi connectivity index (χ1v) is 10.1. The van der Waals surface area contributed by atoms with E-state index in [9.17, 15) is 14.4 Å². The number of alkyl halides is 3. The maximum Gasteiger partial charge on any atom is 0.341 e. The number of carbonyl (C=O) groups excluding carboxylic acids is 3. The highest BCUT2D eigenvalue weighted by molar-refractivity contribution is 7.18. The highest BCUT2D eigenvalue weighted by Crippen LogP contribution is 2.38. The van der Waals surface area contributed by atoms with Crippen molar-refractivity contribution in [1.29, 1.82) is 0 Å². The number of Topliss-reactive ketones (excluding diaryl/α,β-unsaturated/α-hetero) is 1. The molecule has 0 spiro atoms. The van der Waals surface area contributed by atoms with E-state index in [1.807, 2.05) is 0 Å². The van der Waals surface area contributed by atoms with Gasteiger partial charge in [0.05, 0.1) is 17.0 Å². The van der Waals surface area contributed by atoms with Crippen molar-refractivity contribution >= 4 is 68.8 Å². The van der Waals surface area contributed by atoms with Crippen LogP contribution in [-0.2, 0) is 9.53 Å². The number of esters is 1. The maximum absolute atomic E-state index is 12.4. The quantitative estimate of drug-likeness (QED) is 0.280. The van der Waals surface area contributed by atoms with E-state index in [0.29, 0.717) is 10.4 Å². The van der Waals surface area contributed by atoms with Gasteiger partial charge in [-0.1, -0.05) is 55.6 Å². The van der Waals surface area contributed by atoms with Crippen LogP contribution in [0.3, 0.4) is 0 Å². The molecule has 0 unspecified atom stereocenters. The number of nitrogens with one attached hydrogen (secondary N) is 2. The molecule has 6 nitrogen and oxygen atoms in total. The zero-order valence-corrected chi connectivity index (χ0v) is 19.0. The molecule has 0 aliphatic carbocycles. The van der Waals surface area contributed by atoms with Crippen LogP contribution >= 0.6 is 46.1 Å². The van der Waals surface area contributed by atoms with E-state index in [4.69, 9.17) is 39.5 Å². The van der Waals surface area contributed by atoms with Crippen molar-refractivity contribution in [2.45, 2.75) is 51.5 Å². The summed E-state index contributed by atoms with van der Waals surface area (Å²) in [6, 6.07) is 0. The molecule has 1 rings (SSSR count). The van der Waals surface area contributed by atoms with Gasteiger partial charge in [0.25, 0.3) is 0 Å². The predicted molar refractivity (Wildman–Crippen MR) is 110 cm³/mol. The number of anilines is 1. The Hall–Kier alpha value is -1.02. The van der Waals surface area contributed by atoms with Gasteiger partial charge >= 0.3 is 5.97 Å². The topological polar surface area (TPSA) is 84.5 Å². The third-order valence-corrected chi connectivity index (χ3v) is 5.48. The van der Waals surface area contributed by atoms with E-state index < -0.39 is 21.3 Å². The highest BCUT2D eigenvalue weighted by Gasteiger charge is 2.38. The molecule has 1 amide bonds. The van der Waals surface area contributed by atoms with Crippen molar-refractivity contribution in [3.8, 4) is 0 Å². The molecule has 0 aliphatic rings. The molecule has 0 radical (unpaired) electrons. The van der Waals surface area contributed by atoms with Crippen LogP contribution in [0, 0.1) is 12.3 Å². The van der Waals surface area contributed by atoms with Crippen LogP contribution < -0.4 is 10.6 Å². The standard InChI is InChI=1S/C17H23Cl3N2O4S/c1-7-26-13(24)10-8(2)11(9(3)23)27-12(10)21-14(17(18,19)20)22-15(25)16(4,5)6/h14,21H,7H2,1-6H3,(H,22,25)/t14-/m0/s1. The smallest absolute Gasteiger partial charge is 0.341 e. The summed E-state index contributed by atoms with van der Waals surface area (Å²) < 4.78 is 3.16. The van der Waals surface area contributed by atoms with Crippen molar-refractivity contribution < 1.29 is 19.1 Å². The minimum atomic E-state index is -1.92. The van der Waals surface area contributed by atoms with Gasteiger partial charge in [-0.05, 0) is 26.3 Å². The van der Waals surface area contributed by atoms with E-state index in [-0.39, 0.29) is 28.9 Å². The zero-order chi connectivity index (χ0) is 21.2. The van der Waals surface area contributed by atoms with Crippen LogP contribution in [0.4, 0.5) is 5.00 Å². The number of rotatable bonds is 6. The average molecular weight is 458 g/mol. The number of thiophene rings is 1. The number of hydrogen-bond acceptors (Lipinski definition) is 6. The van der Waals surface area contributed by atoms with Crippen molar-refractivity contribution in [1.82, 2.24) is 5.32 Å². The summed E-state index contributed by atoms with van der Waals surface area (Å²) in [6.45, 7) is 10.0. The summed E-state index contributed by atoms with van der Waals surface area (Å²) in [5, 5.41) is 5.79. The molecule has 0 saturated heterocycles. The van der Waals surface area contributed by atoms with E-state index in [2.05, 4.69) is 10.6 Å². The average Bonchev–Trinajstić information content (AvgIpc) is 2.81. The molecule has 0 saturated carbocycles. The second kappa shape index (κ2) is 8.99. The number of ketones is 1. The number of halogens is 3. The molecule has 1 atom stereocenters. The first kappa shape index (κ1) is 24.0. The van der Waals surface area contributed by atoms with Crippen LogP contribution in [0.1, 0.15) is 60.2 Å². The Labute approximate surface area is 177 Å². The molecule has 0 fully saturated rings.